The molecule has 4 N–H and O–H groups in total. The predicted molar refractivity (Wildman–Crippen MR) is 150 cm³/mol. The molecule has 0 atom stereocenters. The molecule has 0 aliphatic heterocycles. The van der Waals surface area contributed by atoms with Gasteiger partial charge in [0.1, 0.15) is 17.2 Å². The number of carbonyl (C=O) groups excluding carboxylic acids is 1. The molecule has 6 heteroatoms. The zero-order valence-corrected chi connectivity index (χ0v) is 20.7. The fourth-order valence-corrected chi connectivity index (χ4v) is 5.21. The van der Waals surface area contributed by atoms with Crippen molar-refractivity contribution >= 4 is 28.1 Å². The topological polar surface area (TPSA) is 84.5 Å². The Morgan fingerprint density at radius 2 is 1.65 bits per heavy atom. The first-order chi connectivity index (χ1) is 18.1. The number of fused-ring (bicyclic) bond motifs is 2. The second kappa shape index (κ2) is 10.1. The van der Waals surface area contributed by atoms with Gasteiger partial charge in [-0.3, -0.25) is 9.20 Å². The van der Waals surface area contributed by atoms with Crippen LogP contribution in [0, 0.1) is 0 Å². The zero-order chi connectivity index (χ0) is 25.2. The van der Waals surface area contributed by atoms with Crippen molar-refractivity contribution in [1.82, 2.24) is 14.7 Å². The third-order valence-corrected chi connectivity index (χ3v) is 7.32. The van der Waals surface area contributed by atoms with Crippen molar-refractivity contribution in [1.29, 1.82) is 0 Å². The monoisotopic (exact) mass is 489 g/mol. The van der Waals surface area contributed by atoms with Gasteiger partial charge in [0.2, 0.25) is 0 Å². The van der Waals surface area contributed by atoms with Gasteiger partial charge < -0.3 is 16.4 Å². The Morgan fingerprint density at radius 1 is 0.892 bits per heavy atom. The molecule has 1 saturated carbocycles. The van der Waals surface area contributed by atoms with Crippen LogP contribution in [0.15, 0.2) is 91.1 Å². The molecule has 3 aromatic carbocycles. The summed E-state index contributed by atoms with van der Waals surface area (Å²) < 4.78 is 2.03. The van der Waals surface area contributed by atoms with Crippen molar-refractivity contribution in [2.24, 2.45) is 5.73 Å². The van der Waals surface area contributed by atoms with Crippen LogP contribution in [-0.2, 0) is 6.54 Å². The first-order valence-corrected chi connectivity index (χ1v) is 13.0. The standard InChI is InChI=1S/C31H31N5O/c32-26-12-14-27(15-13-26)34-31(37)25-16-17-36-28(19-25)35-29(30(36)33-20-21-6-2-1-3-7-21)24-11-10-22-8-4-5-9-23(22)18-24/h1-11,16-19,26-27,33H,12-15,20,32H2,(H,34,37). The third-order valence-electron chi connectivity index (χ3n) is 7.32. The van der Waals surface area contributed by atoms with Crippen molar-refractivity contribution in [2.75, 3.05) is 5.32 Å². The lowest BCUT2D eigenvalue weighted by molar-refractivity contribution is 0.0926. The van der Waals surface area contributed by atoms with E-state index in [0.29, 0.717) is 12.1 Å². The van der Waals surface area contributed by atoms with Crippen LogP contribution in [0.5, 0.6) is 0 Å². The number of nitrogens with zero attached hydrogens (tertiary/aromatic N) is 2. The molecular weight excluding hydrogens is 458 g/mol. The van der Waals surface area contributed by atoms with E-state index in [1.807, 2.05) is 47.0 Å². The average Bonchev–Trinajstić information content (AvgIpc) is 3.31. The van der Waals surface area contributed by atoms with Gasteiger partial charge in [0.05, 0.1) is 0 Å². The van der Waals surface area contributed by atoms with E-state index in [2.05, 4.69) is 59.2 Å². The molecule has 2 aromatic heterocycles. The smallest absolute Gasteiger partial charge is 0.251 e. The first kappa shape index (κ1) is 23.3. The maximum absolute atomic E-state index is 13.1. The molecule has 1 fully saturated rings. The highest BCUT2D eigenvalue weighted by atomic mass is 16.1. The van der Waals surface area contributed by atoms with Gasteiger partial charge in [0, 0.05) is 36.0 Å². The highest BCUT2D eigenvalue weighted by molar-refractivity contribution is 5.96. The zero-order valence-electron chi connectivity index (χ0n) is 20.7. The molecule has 37 heavy (non-hydrogen) atoms. The van der Waals surface area contributed by atoms with E-state index in [9.17, 15) is 4.79 Å². The molecule has 2 heterocycles. The van der Waals surface area contributed by atoms with E-state index < -0.39 is 0 Å². The summed E-state index contributed by atoms with van der Waals surface area (Å²) in [4.78, 5) is 18.1. The molecule has 186 valence electrons. The van der Waals surface area contributed by atoms with Gasteiger partial charge in [-0.15, -0.1) is 0 Å². The summed E-state index contributed by atoms with van der Waals surface area (Å²) in [5.41, 5.74) is 10.5. The molecule has 1 aliphatic rings. The number of nitrogens with one attached hydrogen (secondary N) is 2. The minimum atomic E-state index is -0.0583. The predicted octanol–water partition coefficient (Wildman–Crippen LogP) is 5.77. The molecular formula is C31H31N5O. The summed E-state index contributed by atoms with van der Waals surface area (Å²) in [5.74, 6) is 0.847. The van der Waals surface area contributed by atoms with E-state index in [-0.39, 0.29) is 18.0 Å². The number of nitrogens with two attached hydrogens (primary N) is 1. The van der Waals surface area contributed by atoms with Gasteiger partial charge in [-0.2, -0.15) is 0 Å². The first-order valence-electron chi connectivity index (χ1n) is 13.0. The molecule has 0 radical (unpaired) electrons. The number of anilines is 1. The van der Waals surface area contributed by atoms with Gasteiger partial charge in [-0.25, -0.2) is 4.98 Å². The van der Waals surface area contributed by atoms with Gasteiger partial charge in [-0.05, 0) is 60.2 Å². The van der Waals surface area contributed by atoms with E-state index in [1.165, 1.54) is 16.3 Å². The number of hydrogen-bond acceptors (Lipinski definition) is 4. The van der Waals surface area contributed by atoms with Gasteiger partial charge in [-0.1, -0.05) is 66.7 Å². The Morgan fingerprint density at radius 3 is 2.46 bits per heavy atom. The van der Waals surface area contributed by atoms with E-state index in [1.54, 1.807) is 0 Å². The molecule has 0 bridgehead atoms. The quantitative estimate of drug-likeness (QED) is 0.283. The molecule has 0 unspecified atom stereocenters. The lowest BCUT2D eigenvalue weighted by Crippen LogP contribution is -2.40. The normalized spacial score (nSPS) is 17.6. The van der Waals surface area contributed by atoms with Crippen LogP contribution in [0.1, 0.15) is 41.6 Å². The summed E-state index contributed by atoms with van der Waals surface area (Å²) in [6.45, 7) is 0.668. The lowest BCUT2D eigenvalue weighted by Gasteiger charge is -2.26. The Hall–Kier alpha value is -4.16. The summed E-state index contributed by atoms with van der Waals surface area (Å²) >= 11 is 0. The van der Waals surface area contributed by atoms with Gasteiger partial charge >= 0.3 is 0 Å². The van der Waals surface area contributed by atoms with E-state index in [4.69, 9.17) is 10.7 Å². The molecule has 1 amide bonds. The number of imidazole rings is 1. The third kappa shape index (κ3) is 4.93. The fraction of sp³-hybridized carbons (Fsp3) is 0.226. The van der Waals surface area contributed by atoms with Gasteiger partial charge in [0.25, 0.3) is 5.91 Å². The SMILES string of the molecule is NC1CCC(NC(=O)c2ccn3c(NCc4ccccc4)c(-c4ccc5ccccc5c4)nc3c2)CC1. The summed E-state index contributed by atoms with van der Waals surface area (Å²) in [6, 6.07) is 29.2. The Balaban J connectivity index is 1.35. The van der Waals surface area contributed by atoms with Crippen molar-refractivity contribution in [3.05, 3.63) is 102 Å². The Labute approximate surface area is 216 Å². The van der Waals surface area contributed by atoms with Crippen LogP contribution < -0.4 is 16.4 Å². The number of hydrogen-bond donors (Lipinski definition) is 3. The minimum Gasteiger partial charge on any atom is -0.365 e. The summed E-state index contributed by atoms with van der Waals surface area (Å²) in [7, 11) is 0. The number of carbonyl (C=O) groups is 1. The van der Waals surface area contributed by atoms with Crippen molar-refractivity contribution in [3.8, 4) is 11.3 Å². The average molecular weight is 490 g/mol. The second-order valence-corrected chi connectivity index (χ2v) is 9.94. The second-order valence-electron chi connectivity index (χ2n) is 9.94. The number of rotatable bonds is 6. The number of amides is 1. The molecule has 0 spiro atoms. The van der Waals surface area contributed by atoms with Crippen LogP contribution in [0.3, 0.4) is 0 Å². The highest BCUT2D eigenvalue weighted by Crippen LogP contribution is 2.32. The number of pyridine rings is 1. The molecule has 0 saturated heterocycles. The lowest BCUT2D eigenvalue weighted by atomic mass is 9.91. The van der Waals surface area contributed by atoms with Gasteiger partial charge in [0.15, 0.2) is 0 Å². The van der Waals surface area contributed by atoms with Crippen LogP contribution in [0.4, 0.5) is 5.82 Å². The van der Waals surface area contributed by atoms with Crippen LogP contribution in [0.2, 0.25) is 0 Å². The number of benzene rings is 3. The highest BCUT2D eigenvalue weighted by Gasteiger charge is 2.21. The van der Waals surface area contributed by atoms with Crippen molar-refractivity contribution in [3.63, 3.8) is 0 Å². The Kier molecular flexibility index (Phi) is 6.33. The van der Waals surface area contributed by atoms with Crippen molar-refractivity contribution in [2.45, 2.75) is 44.3 Å². The molecule has 6 nitrogen and oxygen atoms in total. The maximum atomic E-state index is 13.1. The minimum absolute atomic E-state index is 0.0583. The fourth-order valence-electron chi connectivity index (χ4n) is 5.21. The molecule has 5 aromatic rings. The van der Waals surface area contributed by atoms with Crippen LogP contribution >= 0.6 is 0 Å². The van der Waals surface area contributed by atoms with E-state index >= 15 is 0 Å². The molecule has 1 aliphatic carbocycles. The van der Waals surface area contributed by atoms with Crippen LogP contribution in [0.25, 0.3) is 27.7 Å². The summed E-state index contributed by atoms with van der Waals surface area (Å²) in [6.07, 6.45) is 5.70. The molecule has 6 rings (SSSR count). The van der Waals surface area contributed by atoms with E-state index in [0.717, 1.165) is 48.4 Å². The van der Waals surface area contributed by atoms with Crippen molar-refractivity contribution < 1.29 is 4.79 Å². The van der Waals surface area contributed by atoms with Crippen LogP contribution in [-0.4, -0.2) is 27.4 Å². The largest absolute Gasteiger partial charge is 0.365 e. The Bertz CT molecular complexity index is 1550. The summed E-state index contributed by atoms with van der Waals surface area (Å²) in [5, 5.41) is 9.16. The maximum Gasteiger partial charge on any atom is 0.251 e. The number of aromatic nitrogens is 2.